The van der Waals surface area contributed by atoms with Crippen LogP contribution in [0, 0.1) is 17.8 Å². The van der Waals surface area contributed by atoms with Crippen molar-refractivity contribution in [2.75, 3.05) is 33.7 Å². The first-order valence-corrected chi connectivity index (χ1v) is 10.8. The van der Waals surface area contributed by atoms with Crippen molar-refractivity contribution in [2.45, 2.75) is 69.6 Å². The van der Waals surface area contributed by atoms with E-state index in [1.54, 1.807) is 0 Å². The van der Waals surface area contributed by atoms with Gasteiger partial charge in [-0.05, 0) is 71.1 Å². The Morgan fingerprint density at radius 3 is 2.59 bits per heavy atom. The molecule has 1 amide bonds. The molecule has 7 heteroatoms. The average Bonchev–Trinajstić information content (AvgIpc) is 3.25. The summed E-state index contributed by atoms with van der Waals surface area (Å²) in [7, 11) is 4.29. The Hall–Kier alpha value is -0.760. The molecule has 0 spiro atoms. The SMILES string of the molecule is CC1CCC(F)C2CC(C(=O)NC3NCC(C4CCN(C)CC4)N3C)NC12. The quantitative estimate of drug-likeness (QED) is 0.673. The summed E-state index contributed by atoms with van der Waals surface area (Å²) in [6.07, 6.45) is 3.73. The van der Waals surface area contributed by atoms with Gasteiger partial charge in [-0.3, -0.25) is 15.0 Å². The minimum atomic E-state index is -0.766. The highest BCUT2D eigenvalue weighted by atomic mass is 19.1. The van der Waals surface area contributed by atoms with Crippen LogP contribution >= 0.6 is 0 Å². The molecule has 3 N–H and O–H groups in total. The summed E-state index contributed by atoms with van der Waals surface area (Å²) in [5.74, 6) is 1.13. The summed E-state index contributed by atoms with van der Waals surface area (Å²) in [6.45, 7) is 5.41. The third-order valence-corrected chi connectivity index (χ3v) is 7.69. The first-order valence-electron chi connectivity index (χ1n) is 10.8. The van der Waals surface area contributed by atoms with Crippen LogP contribution in [0.1, 0.15) is 39.0 Å². The molecule has 4 aliphatic rings. The second-order valence-corrected chi connectivity index (χ2v) is 9.41. The summed E-state index contributed by atoms with van der Waals surface area (Å²) in [6, 6.07) is 0.348. The lowest BCUT2D eigenvalue weighted by molar-refractivity contribution is -0.125. The Labute approximate surface area is 162 Å². The predicted molar refractivity (Wildman–Crippen MR) is 104 cm³/mol. The minimum Gasteiger partial charge on any atom is -0.327 e. The molecule has 7 atom stereocenters. The second-order valence-electron chi connectivity index (χ2n) is 9.41. The van der Waals surface area contributed by atoms with Crippen molar-refractivity contribution < 1.29 is 9.18 Å². The number of likely N-dealkylation sites (tertiary alicyclic amines) is 1. The molecule has 7 unspecified atom stereocenters. The fourth-order valence-electron chi connectivity index (χ4n) is 5.81. The van der Waals surface area contributed by atoms with Gasteiger partial charge in [0.05, 0.1) is 6.04 Å². The van der Waals surface area contributed by atoms with E-state index in [0.717, 1.165) is 26.1 Å². The Morgan fingerprint density at radius 1 is 1.15 bits per heavy atom. The fraction of sp³-hybridized carbons (Fsp3) is 0.950. The van der Waals surface area contributed by atoms with E-state index in [1.807, 2.05) is 0 Å². The molecule has 3 aliphatic heterocycles. The number of carbonyl (C=O) groups is 1. The molecule has 0 bridgehead atoms. The van der Waals surface area contributed by atoms with Gasteiger partial charge in [0.25, 0.3) is 0 Å². The Balaban J connectivity index is 1.31. The average molecular weight is 382 g/mol. The number of nitrogens with zero attached hydrogens (tertiary/aromatic N) is 2. The zero-order chi connectivity index (χ0) is 19.1. The van der Waals surface area contributed by atoms with E-state index in [-0.39, 0.29) is 30.2 Å². The monoisotopic (exact) mass is 381 g/mol. The Bertz CT molecular complexity index is 522. The molecule has 154 valence electrons. The van der Waals surface area contributed by atoms with Gasteiger partial charge in [0, 0.05) is 24.5 Å². The largest absolute Gasteiger partial charge is 0.327 e. The number of alkyl halides is 1. The van der Waals surface area contributed by atoms with Crippen LogP contribution in [0.2, 0.25) is 0 Å². The van der Waals surface area contributed by atoms with Gasteiger partial charge in [-0.15, -0.1) is 0 Å². The third kappa shape index (κ3) is 3.88. The first-order chi connectivity index (χ1) is 12.9. The molecule has 3 saturated heterocycles. The highest BCUT2D eigenvalue weighted by molar-refractivity contribution is 5.82. The molecular formula is C20H36FN5O. The number of amides is 1. The van der Waals surface area contributed by atoms with E-state index in [4.69, 9.17) is 0 Å². The molecular weight excluding hydrogens is 345 g/mol. The highest BCUT2D eigenvalue weighted by Gasteiger charge is 2.47. The number of likely N-dealkylation sites (N-methyl/N-ethyl adjacent to an activating group) is 1. The van der Waals surface area contributed by atoms with Crippen molar-refractivity contribution in [1.82, 2.24) is 25.8 Å². The van der Waals surface area contributed by atoms with E-state index < -0.39 is 6.17 Å². The van der Waals surface area contributed by atoms with Gasteiger partial charge >= 0.3 is 0 Å². The van der Waals surface area contributed by atoms with E-state index in [2.05, 4.69) is 46.8 Å². The fourth-order valence-corrected chi connectivity index (χ4v) is 5.81. The molecule has 0 aromatic rings. The lowest BCUT2D eigenvalue weighted by Gasteiger charge is -2.36. The number of halogens is 1. The smallest absolute Gasteiger partial charge is 0.239 e. The number of hydrogen-bond donors (Lipinski definition) is 3. The lowest BCUT2D eigenvalue weighted by atomic mass is 9.77. The van der Waals surface area contributed by atoms with Gasteiger partial charge in [-0.25, -0.2) is 4.39 Å². The normalized spacial score (nSPS) is 44.4. The molecule has 6 nitrogen and oxygen atoms in total. The van der Waals surface area contributed by atoms with Crippen LogP contribution in [0.4, 0.5) is 4.39 Å². The van der Waals surface area contributed by atoms with Crippen molar-refractivity contribution >= 4 is 5.91 Å². The van der Waals surface area contributed by atoms with Crippen LogP contribution < -0.4 is 16.0 Å². The maximum absolute atomic E-state index is 14.3. The van der Waals surface area contributed by atoms with Gasteiger partial charge in [0.2, 0.25) is 5.91 Å². The molecule has 1 aliphatic carbocycles. The zero-order valence-electron chi connectivity index (χ0n) is 17.0. The van der Waals surface area contributed by atoms with Crippen molar-refractivity contribution in [3.8, 4) is 0 Å². The highest BCUT2D eigenvalue weighted by Crippen LogP contribution is 2.38. The Morgan fingerprint density at radius 2 is 1.89 bits per heavy atom. The number of fused-ring (bicyclic) bond motifs is 1. The second kappa shape index (κ2) is 7.93. The maximum Gasteiger partial charge on any atom is 0.239 e. The van der Waals surface area contributed by atoms with Crippen LogP contribution in [-0.4, -0.2) is 80.0 Å². The van der Waals surface area contributed by atoms with Crippen molar-refractivity contribution in [3.05, 3.63) is 0 Å². The molecule has 1 saturated carbocycles. The zero-order valence-corrected chi connectivity index (χ0v) is 17.0. The lowest BCUT2D eigenvalue weighted by Crippen LogP contribution is -2.55. The molecule has 0 radical (unpaired) electrons. The van der Waals surface area contributed by atoms with Gasteiger partial charge < -0.3 is 15.5 Å². The van der Waals surface area contributed by atoms with E-state index in [0.29, 0.717) is 30.7 Å². The molecule has 27 heavy (non-hydrogen) atoms. The number of hydrogen-bond acceptors (Lipinski definition) is 5. The maximum atomic E-state index is 14.3. The Kier molecular flexibility index (Phi) is 5.74. The van der Waals surface area contributed by atoms with Gasteiger partial charge in [-0.2, -0.15) is 0 Å². The van der Waals surface area contributed by atoms with Crippen LogP contribution in [0.15, 0.2) is 0 Å². The van der Waals surface area contributed by atoms with Crippen molar-refractivity contribution in [2.24, 2.45) is 17.8 Å². The van der Waals surface area contributed by atoms with Crippen molar-refractivity contribution in [1.29, 1.82) is 0 Å². The first kappa shape index (κ1) is 19.6. The van der Waals surface area contributed by atoms with Gasteiger partial charge in [0.15, 0.2) is 0 Å². The van der Waals surface area contributed by atoms with Gasteiger partial charge in [-0.1, -0.05) is 6.92 Å². The standard InChI is InChI=1S/C20H36FN5O/c1-12-4-5-15(21)14-10-16(23-18(12)14)19(27)24-20-22-11-17(26(20)3)13-6-8-25(2)9-7-13/h12-18,20,22-23H,4-11H2,1-3H3,(H,24,27). The van der Waals surface area contributed by atoms with Gasteiger partial charge in [0.1, 0.15) is 12.5 Å². The number of nitrogens with one attached hydrogen (secondary N) is 3. The molecule has 4 rings (SSSR count). The molecule has 0 aromatic carbocycles. The summed E-state index contributed by atoms with van der Waals surface area (Å²) >= 11 is 0. The topological polar surface area (TPSA) is 59.6 Å². The van der Waals surface area contributed by atoms with Crippen molar-refractivity contribution in [3.63, 3.8) is 0 Å². The molecule has 3 heterocycles. The number of rotatable bonds is 3. The van der Waals surface area contributed by atoms with Crippen LogP contribution in [0.25, 0.3) is 0 Å². The third-order valence-electron chi connectivity index (χ3n) is 7.69. The van der Waals surface area contributed by atoms with E-state index in [1.165, 1.54) is 12.8 Å². The molecule has 4 fully saturated rings. The van der Waals surface area contributed by atoms with E-state index >= 15 is 0 Å². The summed E-state index contributed by atoms with van der Waals surface area (Å²) in [5, 5.41) is 10.1. The van der Waals surface area contributed by atoms with Crippen LogP contribution in [0.5, 0.6) is 0 Å². The number of piperidine rings is 1. The van der Waals surface area contributed by atoms with E-state index in [9.17, 15) is 9.18 Å². The minimum absolute atomic E-state index is 0.00857. The predicted octanol–water partition coefficient (Wildman–Crippen LogP) is 0.746. The summed E-state index contributed by atoms with van der Waals surface area (Å²) in [5.41, 5.74) is 0. The van der Waals surface area contributed by atoms with Crippen LogP contribution in [0.3, 0.4) is 0 Å². The summed E-state index contributed by atoms with van der Waals surface area (Å²) < 4.78 is 14.3. The number of carbonyl (C=O) groups excluding carboxylic acids is 1. The van der Waals surface area contributed by atoms with Crippen LogP contribution in [-0.2, 0) is 4.79 Å². The summed E-state index contributed by atoms with van der Waals surface area (Å²) in [4.78, 5) is 17.5. The molecule has 0 aromatic heterocycles.